The number of piperidine rings is 1. The molecule has 0 spiro atoms. The number of aryl methyl sites for hydroxylation is 1. The van der Waals surface area contributed by atoms with E-state index in [1.807, 2.05) is 13.1 Å². The third kappa shape index (κ3) is 4.87. The van der Waals surface area contributed by atoms with Gasteiger partial charge in [-0.1, -0.05) is 18.6 Å². The third-order valence-corrected chi connectivity index (χ3v) is 6.65. The minimum atomic E-state index is -3.43. The van der Waals surface area contributed by atoms with Gasteiger partial charge in [0, 0.05) is 33.7 Å². The largest absolute Gasteiger partial charge is 0.352 e. The van der Waals surface area contributed by atoms with Gasteiger partial charge in [-0.05, 0) is 30.5 Å². The fourth-order valence-corrected chi connectivity index (χ4v) is 4.71. The summed E-state index contributed by atoms with van der Waals surface area (Å²) in [5, 5.41) is 10.4. The molecule has 9 nitrogen and oxygen atoms in total. The number of benzene rings is 1. The molecule has 0 radical (unpaired) electrons. The molecular formula is C18H27N7O2S. The van der Waals surface area contributed by atoms with Crippen molar-refractivity contribution in [2.75, 3.05) is 20.1 Å². The monoisotopic (exact) mass is 405 g/mol. The lowest BCUT2D eigenvalue weighted by molar-refractivity contribution is 0.346. The number of aromatic nitrogens is 3. The molecule has 2 heterocycles. The highest BCUT2D eigenvalue weighted by Crippen LogP contribution is 2.21. The van der Waals surface area contributed by atoms with Gasteiger partial charge in [-0.3, -0.25) is 9.67 Å². The molecule has 2 aromatic rings. The number of rotatable bonds is 6. The Kier molecular flexibility index (Phi) is 6.63. The summed E-state index contributed by atoms with van der Waals surface area (Å²) in [5.74, 6) is 1.39. The first-order valence-corrected chi connectivity index (χ1v) is 10.8. The molecular weight excluding hydrogens is 378 g/mol. The van der Waals surface area contributed by atoms with E-state index in [1.165, 1.54) is 6.33 Å². The molecule has 0 bridgehead atoms. The zero-order valence-corrected chi connectivity index (χ0v) is 17.1. The molecule has 0 unspecified atom stereocenters. The van der Waals surface area contributed by atoms with Crippen LogP contribution >= 0.6 is 0 Å². The highest BCUT2D eigenvalue weighted by atomic mass is 32.2. The maximum atomic E-state index is 12.9. The molecule has 1 aliphatic heterocycles. The molecule has 0 atom stereocenters. The van der Waals surface area contributed by atoms with Crippen LogP contribution in [0.3, 0.4) is 0 Å². The van der Waals surface area contributed by atoms with Crippen LogP contribution in [-0.2, 0) is 30.2 Å². The van der Waals surface area contributed by atoms with Crippen LogP contribution in [-0.4, -0.2) is 53.6 Å². The molecule has 0 amide bonds. The summed E-state index contributed by atoms with van der Waals surface area (Å²) in [6.45, 7) is 2.15. The first-order chi connectivity index (χ1) is 13.5. The molecule has 3 rings (SSSR count). The standard InChI is InChI=1S/C18H27N7O2S/c1-19-18(21-13-17-22-14-23-24(17)2)20-12-15-7-6-8-16(11-15)28(26,27)25-9-4-3-5-10-25/h6-8,11,14H,3-5,9-10,12-13H2,1-2H3,(H2,19,20,21). The van der Waals surface area contributed by atoms with Crippen molar-refractivity contribution in [2.45, 2.75) is 37.2 Å². The van der Waals surface area contributed by atoms with Gasteiger partial charge in [-0.2, -0.15) is 9.40 Å². The molecule has 1 aliphatic rings. The summed E-state index contributed by atoms with van der Waals surface area (Å²) in [5.41, 5.74) is 0.875. The second-order valence-electron chi connectivity index (χ2n) is 6.69. The van der Waals surface area contributed by atoms with Crippen molar-refractivity contribution in [3.05, 3.63) is 42.0 Å². The SMILES string of the molecule is CN=C(NCc1cccc(S(=O)(=O)N2CCCCC2)c1)NCc1ncnn1C. The van der Waals surface area contributed by atoms with Crippen molar-refractivity contribution in [1.29, 1.82) is 0 Å². The van der Waals surface area contributed by atoms with E-state index in [4.69, 9.17) is 0 Å². The zero-order chi connectivity index (χ0) is 20.0. The molecule has 2 N–H and O–H groups in total. The van der Waals surface area contributed by atoms with Gasteiger partial charge >= 0.3 is 0 Å². The van der Waals surface area contributed by atoms with Crippen LogP contribution in [0.5, 0.6) is 0 Å². The van der Waals surface area contributed by atoms with E-state index in [0.717, 1.165) is 30.7 Å². The van der Waals surface area contributed by atoms with Gasteiger partial charge < -0.3 is 10.6 Å². The smallest absolute Gasteiger partial charge is 0.243 e. The molecule has 0 saturated carbocycles. The van der Waals surface area contributed by atoms with E-state index < -0.39 is 10.0 Å². The average molecular weight is 406 g/mol. The van der Waals surface area contributed by atoms with Gasteiger partial charge in [-0.15, -0.1) is 0 Å². The Labute approximate surface area is 165 Å². The maximum absolute atomic E-state index is 12.9. The second kappa shape index (κ2) is 9.16. The molecule has 1 aromatic carbocycles. The second-order valence-corrected chi connectivity index (χ2v) is 8.63. The lowest BCUT2D eigenvalue weighted by Gasteiger charge is -2.26. The molecule has 0 aliphatic carbocycles. The quantitative estimate of drug-likeness (QED) is 0.546. The number of aliphatic imine (C=N–C) groups is 1. The van der Waals surface area contributed by atoms with Crippen LogP contribution in [0.4, 0.5) is 0 Å². The summed E-state index contributed by atoms with van der Waals surface area (Å²) < 4.78 is 29.0. The van der Waals surface area contributed by atoms with Crippen molar-refractivity contribution >= 4 is 16.0 Å². The molecule has 152 valence electrons. The van der Waals surface area contributed by atoms with Gasteiger partial charge in [0.25, 0.3) is 0 Å². The Bertz CT molecular complexity index is 918. The number of nitrogens with zero attached hydrogens (tertiary/aromatic N) is 5. The van der Waals surface area contributed by atoms with Gasteiger partial charge in [0.05, 0.1) is 11.4 Å². The number of hydrogen-bond donors (Lipinski definition) is 2. The summed E-state index contributed by atoms with van der Waals surface area (Å²) >= 11 is 0. The van der Waals surface area contributed by atoms with Crippen molar-refractivity contribution in [3.63, 3.8) is 0 Å². The third-order valence-electron chi connectivity index (χ3n) is 4.75. The minimum absolute atomic E-state index is 0.343. The maximum Gasteiger partial charge on any atom is 0.243 e. The summed E-state index contributed by atoms with van der Waals surface area (Å²) in [6, 6.07) is 7.07. The predicted molar refractivity (Wildman–Crippen MR) is 107 cm³/mol. The Morgan fingerprint density at radius 1 is 1.18 bits per heavy atom. The van der Waals surface area contributed by atoms with Crippen LogP contribution in [0.1, 0.15) is 30.7 Å². The fraction of sp³-hybridized carbons (Fsp3) is 0.500. The molecule has 1 fully saturated rings. The Hall–Kier alpha value is -2.46. The molecule has 28 heavy (non-hydrogen) atoms. The van der Waals surface area contributed by atoms with E-state index in [0.29, 0.717) is 37.0 Å². The Morgan fingerprint density at radius 3 is 2.61 bits per heavy atom. The summed E-state index contributed by atoms with van der Waals surface area (Å²) in [7, 11) is 0.0801. The number of sulfonamides is 1. The Morgan fingerprint density at radius 2 is 1.93 bits per heavy atom. The van der Waals surface area contributed by atoms with Gasteiger partial charge in [0.1, 0.15) is 12.2 Å². The molecule has 1 saturated heterocycles. The van der Waals surface area contributed by atoms with Crippen molar-refractivity contribution < 1.29 is 8.42 Å². The first kappa shape index (κ1) is 20.3. The van der Waals surface area contributed by atoms with Crippen LogP contribution in [0.2, 0.25) is 0 Å². The normalized spacial score (nSPS) is 16.1. The van der Waals surface area contributed by atoms with Crippen LogP contribution in [0.15, 0.2) is 40.5 Å². The van der Waals surface area contributed by atoms with Crippen molar-refractivity contribution in [2.24, 2.45) is 12.0 Å². The predicted octanol–water partition coefficient (Wildman–Crippen LogP) is 0.855. The minimum Gasteiger partial charge on any atom is -0.352 e. The molecule has 10 heteroatoms. The van der Waals surface area contributed by atoms with Crippen molar-refractivity contribution in [1.82, 2.24) is 29.7 Å². The fourth-order valence-electron chi connectivity index (χ4n) is 3.12. The summed E-state index contributed by atoms with van der Waals surface area (Å²) in [4.78, 5) is 8.69. The average Bonchev–Trinajstić information content (AvgIpc) is 3.14. The lowest BCUT2D eigenvalue weighted by atomic mass is 10.2. The highest BCUT2D eigenvalue weighted by Gasteiger charge is 2.25. The van der Waals surface area contributed by atoms with Gasteiger partial charge in [0.2, 0.25) is 10.0 Å². The number of hydrogen-bond acceptors (Lipinski definition) is 5. The van der Waals surface area contributed by atoms with E-state index >= 15 is 0 Å². The van der Waals surface area contributed by atoms with E-state index in [2.05, 4.69) is 25.7 Å². The topological polar surface area (TPSA) is 105 Å². The van der Waals surface area contributed by atoms with Crippen LogP contribution in [0, 0.1) is 0 Å². The molecule has 1 aromatic heterocycles. The number of guanidine groups is 1. The Balaban J connectivity index is 1.61. The van der Waals surface area contributed by atoms with Gasteiger partial charge in [0.15, 0.2) is 5.96 Å². The van der Waals surface area contributed by atoms with E-state index in [1.54, 1.807) is 34.2 Å². The van der Waals surface area contributed by atoms with E-state index in [9.17, 15) is 8.42 Å². The van der Waals surface area contributed by atoms with Gasteiger partial charge in [-0.25, -0.2) is 13.4 Å². The zero-order valence-electron chi connectivity index (χ0n) is 16.3. The summed E-state index contributed by atoms with van der Waals surface area (Å²) in [6.07, 6.45) is 4.44. The number of nitrogens with one attached hydrogen (secondary N) is 2. The first-order valence-electron chi connectivity index (χ1n) is 9.37. The van der Waals surface area contributed by atoms with Crippen LogP contribution < -0.4 is 10.6 Å². The van der Waals surface area contributed by atoms with Crippen LogP contribution in [0.25, 0.3) is 0 Å². The lowest BCUT2D eigenvalue weighted by Crippen LogP contribution is -2.37. The highest BCUT2D eigenvalue weighted by molar-refractivity contribution is 7.89. The van der Waals surface area contributed by atoms with E-state index in [-0.39, 0.29) is 0 Å². The van der Waals surface area contributed by atoms with Crippen molar-refractivity contribution in [3.8, 4) is 0 Å².